The van der Waals surface area contributed by atoms with Crippen molar-refractivity contribution in [3.63, 3.8) is 0 Å². The van der Waals surface area contributed by atoms with Crippen LogP contribution in [0.5, 0.6) is 5.75 Å². The van der Waals surface area contributed by atoms with Crippen LogP contribution in [0.3, 0.4) is 0 Å². The molecule has 0 spiro atoms. The molecule has 1 N–H and O–H groups in total. The highest BCUT2D eigenvalue weighted by molar-refractivity contribution is 5.57. The van der Waals surface area contributed by atoms with E-state index in [9.17, 15) is 0 Å². The molecule has 86 valence electrons. The smallest absolute Gasteiger partial charge is 0.119 e. The van der Waals surface area contributed by atoms with Crippen LogP contribution in [0.4, 0.5) is 5.69 Å². The number of rotatable bonds is 2. The predicted octanol–water partition coefficient (Wildman–Crippen LogP) is 3.08. The molecule has 1 aromatic rings. The standard InChI is InChI=1S/C14H19NO/c1-9-7-11-8-12(16-2)5-6-13(11)15-14(9)10-3-4-10/h5-6,8-10,14-15H,3-4,7H2,1-2H3/t9?,14-/m1/s1. The van der Waals surface area contributed by atoms with Gasteiger partial charge in [-0.15, -0.1) is 0 Å². The molecule has 1 aliphatic carbocycles. The summed E-state index contributed by atoms with van der Waals surface area (Å²) in [7, 11) is 1.73. The molecule has 16 heavy (non-hydrogen) atoms. The monoisotopic (exact) mass is 217 g/mol. The summed E-state index contributed by atoms with van der Waals surface area (Å²) in [6.45, 7) is 2.36. The molecule has 1 unspecified atom stereocenters. The fraction of sp³-hybridized carbons (Fsp3) is 0.571. The van der Waals surface area contributed by atoms with Gasteiger partial charge < -0.3 is 10.1 Å². The Kier molecular flexibility index (Phi) is 2.31. The van der Waals surface area contributed by atoms with E-state index in [1.54, 1.807) is 7.11 Å². The molecule has 1 heterocycles. The molecule has 0 radical (unpaired) electrons. The highest BCUT2D eigenvalue weighted by atomic mass is 16.5. The zero-order chi connectivity index (χ0) is 11.1. The van der Waals surface area contributed by atoms with Crippen molar-refractivity contribution in [2.45, 2.75) is 32.2 Å². The number of ether oxygens (including phenoxy) is 1. The molecule has 1 aliphatic heterocycles. The van der Waals surface area contributed by atoms with E-state index in [-0.39, 0.29) is 0 Å². The van der Waals surface area contributed by atoms with Crippen molar-refractivity contribution in [3.05, 3.63) is 23.8 Å². The zero-order valence-electron chi connectivity index (χ0n) is 9.99. The number of hydrogen-bond donors (Lipinski definition) is 1. The Bertz CT molecular complexity index is 398. The Balaban J connectivity index is 1.88. The van der Waals surface area contributed by atoms with Gasteiger partial charge in [-0.05, 0) is 54.9 Å². The lowest BCUT2D eigenvalue weighted by molar-refractivity contribution is 0.407. The van der Waals surface area contributed by atoms with Crippen LogP contribution in [-0.4, -0.2) is 13.2 Å². The predicted molar refractivity (Wildman–Crippen MR) is 66.0 cm³/mol. The normalized spacial score (nSPS) is 28.1. The molecular formula is C14H19NO. The lowest BCUT2D eigenvalue weighted by atomic mass is 9.86. The van der Waals surface area contributed by atoms with Crippen molar-refractivity contribution in [1.82, 2.24) is 0 Å². The molecule has 2 nitrogen and oxygen atoms in total. The van der Waals surface area contributed by atoms with Crippen molar-refractivity contribution in [1.29, 1.82) is 0 Å². The summed E-state index contributed by atoms with van der Waals surface area (Å²) < 4.78 is 5.27. The number of methoxy groups -OCH3 is 1. The summed E-state index contributed by atoms with van der Waals surface area (Å²) >= 11 is 0. The summed E-state index contributed by atoms with van der Waals surface area (Å²) in [6, 6.07) is 7.07. The van der Waals surface area contributed by atoms with Crippen molar-refractivity contribution in [3.8, 4) is 5.75 Å². The molecule has 1 saturated carbocycles. The Morgan fingerprint density at radius 1 is 1.31 bits per heavy atom. The van der Waals surface area contributed by atoms with Gasteiger partial charge in [-0.2, -0.15) is 0 Å². The SMILES string of the molecule is COc1ccc2c(c1)CC(C)[C@H](C1CC1)N2. The van der Waals surface area contributed by atoms with E-state index < -0.39 is 0 Å². The lowest BCUT2D eigenvalue weighted by Gasteiger charge is -2.33. The van der Waals surface area contributed by atoms with E-state index in [1.807, 2.05) is 6.07 Å². The molecular weight excluding hydrogens is 198 g/mol. The second-order valence-corrected chi connectivity index (χ2v) is 5.21. The molecule has 0 aromatic heterocycles. The molecule has 2 aliphatic rings. The molecule has 1 fully saturated rings. The Morgan fingerprint density at radius 2 is 2.12 bits per heavy atom. The average molecular weight is 217 g/mol. The molecule has 0 amide bonds. The molecule has 1 aromatic carbocycles. The first-order valence-corrected chi connectivity index (χ1v) is 6.21. The molecule has 3 rings (SSSR count). The number of benzene rings is 1. The van der Waals surface area contributed by atoms with Gasteiger partial charge in [0, 0.05) is 11.7 Å². The topological polar surface area (TPSA) is 21.3 Å². The van der Waals surface area contributed by atoms with Crippen molar-refractivity contribution in [2.24, 2.45) is 11.8 Å². The third-order valence-electron chi connectivity index (χ3n) is 3.92. The molecule has 0 bridgehead atoms. The van der Waals surface area contributed by atoms with E-state index in [2.05, 4.69) is 24.4 Å². The van der Waals surface area contributed by atoms with Crippen LogP contribution in [0.25, 0.3) is 0 Å². The number of fused-ring (bicyclic) bond motifs is 1. The second kappa shape index (κ2) is 3.69. The largest absolute Gasteiger partial charge is 0.497 e. The summed E-state index contributed by atoms with van der Waals surface area (Å²) in [5.74, 6) is 2.63. The summed E-state index contributed by atoms with van der Waals surface area (Å²) in [4.78, 5) is 0. The van der Waals surface area contributed by atoms with Crippen molar-refractivity contribution in [2.75, 3.05) is 12.4 Å². The first kappa shape index (κ1) is 10.0. The first-order valence-electron chi connectivity index (χ1n) is 6.21. The minimum Gasteiger partial charge on any atom is -0.497 e. The van der Waals surface area contributed by atoms with Gasteiger partial charge >= 0.3 is 0 Å². The third kappa shape index (κ3) is 1.66. The first-order chi connectivity index (χ1) is 7.78. The lowest BCUT2D eigenvalue weighted by Crippen LogP contribution is -2.35. The Morgan fingerprint density at radius 3 is 2.81 bits per heavy atom. The number of hydrogen-bond acceptors (Lipinski definition) is 2. The maximum Gasteiger partial charge on any atom is 0.119 e. The van der Waals surface area contributed by atoms with Gasteiger partial charge in [-0.25, -0.2) is 0 Å². The maximum atomic E-state index is 5.27. The number of nitrogens with one attached hydrogen (secondary N) is 1. The quantitative estimate of drug-likeness (QED) is 0.822. The molecule has 2 atom stereocenters. The second-order valence-electron chi connectivity index (χ2n) is 5.21. The van der Waals surface area contributed by atoms with Gasteiger partial charge in [0.2, 0.25) is 0 Å². The van der Waals surface area contributed by atoms with Crippen LogP contribution in [-0.2, 0) is 6.42 Å². The van der Waals surface area contributed by atoms with Crippen LogP contribution >= 0.6 is 0 Å². The van der Waals surface area contributed by atoms with Crippen LogP contribution in [0.2, 0.25) is 0 Å². The zero-order valence-corrected chi connectivity index (χ0v) is 9.99. The third-order valence-corrected chi connectivity index (χ3v) is 3.92. The van der Waals surface area contributed by atoms with Gasteiger partial charge in [0.05, 0.1) is 7.11 Å². The highest BCUT2D eigenvalue weighted by Gasteiger charge is 2.37. The number of anilines is 1. The van der Waals surface area contributed by atoms with E-state index >= 15 is 0 Å². The minimum absolute atomic E-state index is 0.695. The van der Waals surface area contributed by atoms with E-state index in [0.29, 0.717) is 6.04 Å². The van der Waals surface area contributed by atoms with Crippen LogP contribution in [0.15, 0.2) is 18.2 Å². The van der Waals surface area contributed by atoms with E-state index in [0.717, 1.165) is 17.6 Å². The summed E-state index contributed by atoms with van der Waals surface area (Å²) in [6.07, 6.45) is 4.00. The molecule has 0 saturated heterocycles. The van der Waals surface area contributed by atoms with Gasteiger partial charge in [-0.1, -0.05) is 6.92 Å². The molecule has 2 heteroatoms. The van der Waals surface area contributed by atoms with Gasteiger partial charge in [-0.3, -0.25) is 0 Å². The van der Waals surface area contributed by atoms with E-state index in [4.69, 9.17) is 4.74 Å². The Labute approximate surface area is 97.0 Å². The fourth-order valence-corrected chi connectivity index (χ4v) is 2.84. The van der Waals surface area contributed by atoms with E-state index in [1.165, 1.54) is 30.5 Å². The maximum absolute atomic E-state index is 5.27. The van der Waals surface area contributed by atoms with Gasteiger partial charge in [0.1, 0.15) is 5.75 Å². The van der Waals surface area contributed by atoms with Crippen LogP contribution in [0.1, 0.15) is 25.3 Å². The fourth-order valence-electron chi connectivity index (χ4n) is 2.84. The van der Waals surface area contributed by atoms with Crippen LogP contribution < -0.4 is 10.1 Å². The van der Waals surface area contributed by atoms with Crippen molar-refractivity contribution < 1.29 is 4.74 Å². The van der Waals surface area contributed by atoms with Crippen molar-refractivity contribution >= 4 is 5.69 Å². The Hall–Kier alpha value is -1.18. The minimum atomic E-state index is 0.695. The van der Waals surface area contributed by atoms with Gasteiger partial charge in [0.15, 0.2) is 0 Å². The van der Waals surface area contributed by atoms with Gasteiger partial charge in [0.25, 0.3) is 0 Å². The van der Waals surface area contributed by atoms with Crippen LogP contribution in [0, 0.1) is 11.8 Å². The highest BCUT2D eigenvalue weighted by Crippen LogP contribution is 2.42. The summed E-state index contributed by atoms with van der Waals surface area (Å²) in [5.41, 5.74) is 2.72. The summed E-state index contributed by atoms with van der Waals surface area (Å²) in [5, 5.41) is 3.70. The average Bonchev–Trinajstić information content (AvgIpc) is 3.11.